The van der Waals surface area contributed by atoms with E-state index in [1.165, 1.54) is 0 Å². The summed E-state index contributed by atoms with van der Waals surface area (Å²) in [6.07, 6.45) is 0. The summed E-state index contributed by atoms with van der Waals surface area (Å²) in [7, 11) is -5.57. The van der Waals surface area contributed by atoms with Gasteiger partial charge in [0.05, 0.1) is 33.1 Å². The number of benzene rings is 2. The minimum absolute atomic E-state index is 0.449. The van der Waals surface area contributed by atoms with E-state index < -0.39 is 87.8 Å². The Morgan fingerprint density at radius 1 is 0.559 bits per heavy atom. The molecule has 0 spiro atoms. The summed E-state index contributed by atoms with van der Waals surface area (Å²) < 4.78 is 17.6. The van der Waals surface area contributed by atoms with Gasteiger partial charge in [-0.2, -0.15) is 0 Å². The number of carboxylic acids is 6. The molecule has 1 atom stereocenters. The van der Waals surface area contributed by atoms with Crippen LogP contribution in [0.5, 0.6) is 5.75 Å². The van der Waals surface area contributed by atoms with Crippen molar-refractivity contribution in [2.45, 2.75) is 0 Å². The molecule has 178 valence electrons. The number of hydrogen-bond acceptors (Lipinski definition) is 8. The minimum Gasteiger partial charge on any atom is -0.478 e. The normalized spacial score (nSPS) is 12.3. The van der Waals surface area contributed by atoms with Gasteiger partial charge < -0.3 is 40.1 Å². The highest BCUT2D eigenvalue weighted by atomic mass is 31.2. The van der Waals surface area contributed by atoms with Gasteiger partial charge in [-0.05, 0) is 24.3 Å². The minimum atomic E-state index is -5.57. The molecule has 2 aromatic carbocycles. The van der Waals surface area contributed by atoms with E-state index in [-0.39, 0.29) is 0 Å². The van der Waals surface area contributed by atoms with Crippen molar-refractivity contribution >= 4 is 48.7 Å². The fourth-order valence-corrected chi connectivity index (χ4v) is 4.17. The maximum atomic E-state index is 12.9. The molecule has 0 aliphatic carbocycles. The molecule has 7 N–H and O–H groups in total. The van der Waals surface area contributed by atoms with Gasteiger partial charge in [-0.1, -0.05) is 0 Å². The van der Waals surface area contributed by atoms with Crippen LogP contribution < -0.4 is 9.83 Å². The molecule has 0 heterocycles. The highest BCUT2D eigenvalue weighted by molar-refractivity contribution is 7.61. The summed E-state index contributed by atoms with van der Waals surface area (Å²) in [5.41, 5.74) is -7.63. The summed E-state index contributed by atoms with van der Waals surface area (Å²) >= 11 is 0. The van der Waals surface area contributed by atoms with Gasteiger partial charge in [-0.15, -0.1) is 0 Å². The molecule has 0 aliphatic rings. The Hall–Kier alpha value is -4.75. The molecule has 1 unspecified atom stereocenters. The Morgan fingerprint density at radius 3 is 1.32 bits per heavy atom. The largest absolute Gasteiger partial charge is 0.478 e. The Kier molecular flexibility index (Phi) is 6.76. The van der Waals surface area contributed by atoms with Gasteiger partial charge in [-0.3, -0.25) is 0 Å². The van der Waals surface area contributed by atoms with E-state index in [0.717, 1.165) is 0 Å². The summed E-state index contributed by atoms with van der Waals surface area (Å²) in [5.74, 6) is -13.3. The Morgan fingerprint density at radius 2 is 0.941 bits per heavy atom. The third-order valence-corrected chi connectivity index (χ3v) is 5.62. The van der Waals surface area contributed by atoms with Gasteiger partial charge in [0.15, 0.2) is 0 Å². The van der Waals surface area contributed by atoms with Crippen molar-refractivity contribution in [1.82, 2.24) is 0 Å². The Bertz CT molecular complexity index is 1340. The average molecular weight is 498 g/mol. The third kappa shape index (κ3) is 4.55. The zero-order valence-electron chi connectivity index (χ0n) is 16.2. The molecule has 0 bridgehead atoms. The van der Waals surface area contributed by atoms with Crippen molar-refractivity contribution in [2.75, 3.05) is 0 Å². The van der Waals surface area contributed by atoms with Crippen molar-refractivity contribution < 1.29 is 73.4 Å². The maximum absolute atomic E-state index is 12.9. The van der Waals surface area contributed by atoms with Crippen molar-refractivity contribution in [3.05, 3.63) is 57.6 Å². The van der Waals surface area contributed by atoms with E-state index in [4.69, 9.17) is 14.7 Å². The van der Waals surface area contributed by atoms with Crippen molar-refractivity contribution in [1.29, 1.82) is 0 Å². The maximum Gasteiger partial charge on any atom is 0.409 e. The molecule has 0 aliphatic heterocycles. The molecular formula is C18H11O15P. The lowest BCUT2D eigenvalue weighted by atomic mass is 10.00. The second-order valence-corrected chi connectivity index (χ2v) is 7.89. The quantitative estimate of drug-likeness (QED) is 0.235. The molecule has 0 fully saturated rings. The number of hydrogen-bond donors (Lipinski definition) is 7. The smallest absolute Gasteiger partial charge is 0.409 e. The molecule has 0 amide bonds. The van der Waals surface area contributed by atoms with Crippen LogP contribution in [0, 0.1) is 0 Å². The Labute approximate surface area is 186 Å². The lowest BCUT2D eigenvalue weighted by Gasteiger charge is -2.19. The van der Waals surface area contributed by atoms with E-state index in [1.54, 1.807) is 0 Å². The SMILES string of the molecule is O=C(O)c1ccc(OP(=O)(O)c2ccc(C(=O)O)c(C(=O)O)c2C(=O)O)c(C(=O)O)c1C(=O)O. The first-order valence-electron chi connectivity index (χ1n) is 8.38. The molecular weight excluding hydrogens is 487 g/mol. The average Bonchev–Trinajstić information content (AvgIpc) is 2.71. The van der Waals surface area contributed by atoms with Gasteiger partial charge in [0.25, 0.3) is 0 Å². The van der Waals surface area contributed by atoms with Crippen LogP contribution in [-0.4, -0.2) is 71.3 Å². The molecule has 2 aromatic rings. The molecule has 0 radical (unpaired) electrons. The zero-order valence-corrected chi connectivity index (χ0v) is 17.0. The predicted molar refractivity (Wildman–Crippen MR) is 105 cm³/mol. The molecule has 34 heavy (non-hydrogen) atoms. The molecule has 0 aromatic heterocycles. The number of aromatic carboxylic acids is 6. The lowest BCUT2D eigenvalue weighted by molar-refractivity contribution is 0.0630. The van der Waals surface area contributed by atoms with Crippen LogP contribution in [0.4, 0.5) is 0 Å². The first-order valence-corrected chi connectivity index (χ1v) is 9.96. The van der Waals surface area contributed by atoms with E-state index in [9.17, 15) is 58.7 Å². The second-order valence-electron chi connectivity index (χ2n) is 6.19. The summed E-state index contributed by atoms with van der Waals surface area (Å²) in [6.45, 7) is 0. The van der Waals surface area contributed by atoms with Gasteiger partial charge in [-0.25, -0.2) is 33.3 Å². The van der Waals surface area contributed by atoms with Crippen molar-refractivity contribution in [2.24, 2.45) is 0 Å². The molecule has 2 rings (SSSR count). The highest BCUT2D eigenvalue weighted by Gasteiger charge is 2.38. The fraction of sp³-hybridized carbons (Fsp3) is 0. The van der Waals surface area contributed by atoms with Crippen LogP contribution in [0.1, 0.15) is 62.1 Å². The summed E-state index contributed by atoms with van der Waals surface area (Å²) in [5, 5.41) is 54.3. The van der Waals surface area contributed by atoms with Gasteiger partial charge in [0.2, 0.25) is 0 Å². The van der Waals surface area contributed by atoms with Crippen LogP contribution in [0.25, 0.3) is 0 Å². The standard InChI is InChI=1S/C18H11O15P/c19-13(20)5-1-3-7(11(17(27)28)9(5)15(23)24)33-34(31,32)8-4-2-6(14(21)22)10(16(25)26)12(8)18(29)30/h1-4H,(H,19,20)(H,21,22)(H,23,24)(H,25,26)(H,27,28)(H,29,30)(H,31,32). The van der Waals surface area contributed by atoms with Gasteiger partial charge >= 0.3 is 43.4 Å². The fourth-order valence-electron chi connectivity index (χ4n) is 2.90. The van der Waals surface area contributed by atoms with E-state index in [2.05, 4.69) is 0 Å². The molecule has 16 heteroatoms. The summed E-state index contributed by atoms with van der Waals surface area (Å²) in [6, 6.07) is 2.01. The van der Waals surface area contributed by atoms with E-state index >= 15 is 0 Å². The van der Waals surface area contributed by atoms with Crippen molar-refractivity contribution in [3.8, 4) is 5.75 Å². The number of carboxylic acid groups (broad SMARTS) is 6. The van der Waals surface area contributed by atoms with Crippen LogP contribution in [0.15, 0.2) is 24.3 Å². The van der Waals surface area contributed by atoms with Crippen LogP contribution in [0.3, 0.4) is 0 Å². The molecule has 0 saturated heterocycles. The van der Waals surface area contributed by atoms with Crippen LogP contribution in [-0.2, 0) is 4.57 Å². The van der Waals surface area contributed by atoms with Gasteiger partial charge in [0.1, 0.15) is 11.3 Å². The third-order valence-electron chi connectivity index (χ3n) is 4.19. The lowest BCUT2D eigenvalue weighted by Crippen LogP contribution is -2.26. The van der Waals surface area contributed by atoms with E-state index in [1.807, 2.05) is 0 Å². The second kappa shape index (κ2) is 9.01. The zero-order chi connectivity index (χ0) is 26.1. The Balaban J connectivity index is 2.86. The molecule has 15 nitrogen and oxygen atoms in total. The van der Waals surface area contributed by atoms with Crippen molar-refractivity contribution in [3.63, 3.8) is 0 Å². The summed E-state index contributed by atoms with van der Waals surface area (Å²) in [4.78, 5) is 79.2. The number of carbonyl (C=O) groups is 6. The first-order chi connectivity index (χ1) is 15.6. The topological polar surface area (TPSA) is 270 Å². The number of rotatable bonds is 9. The monoisotopic (exact) mass is 498 g/mol. The highest BCUT2D eigenvalue weighted by Crippen LogP contribution is 2.45. The predicted octanol–water partition coefficient (Wildman–Crippen LogP) is 0.765. The van der Waals surface area contributed by atoms with Crippen LogP contribution in [0.2, 0.25) is 0 Å². The van der Waals surface area contributed by atoms with E-state index in [0.29, 0.717) is 24.3 Å². The van der Waals surface area contributed by atoms with Crippen LogP contribution >= 0.6 is 7.60 Å². The first kappa shape index (κ1) is 25.5. The van der Waals surface area contributed by atoms with Gasteiger partial charge in [0, 0.05) is 0 Å². The molecule has 0 saturated carbocycles.